The minimum atomic E-state index is 0.679. The third-order valence-corrected chi connectivity index (χ3v) is 10.2. The van der Waals surface area contributed by atoms with Crippen LogP contribution in [0.3, 0.4) is 0 Å². The first-order chi connectivity index (χ1) is 22.8. The van der Waals surface area contributed by atoms with Gasteiger partial charge in [0.1, 0.15) is 11.2 Å². The van der Waals surface area contributed by atoms with Crippen LogP contribution in [0.1, 0.15) is 0 Å². The topological polar surface area (TPSA) is 43.6 Å². The van der Waals surface area contributed by atoms with E-state index in [4.69, 9.17) is 9.97 Å². The molecule has 0 unspecified atom stereocenters. The van der Waals surface area contributed by atoms with Gasteiger partial charge < -0.3 is 4.57 Å². The largest absolute Gasteiger partial charge is 0.309 e. The number of hydrogen-bond donors (Lipinski definition) is 0. The van der Waals surface area contributed by atoms with Gasteiger partial charge in [-0.2, -0.15) is 0 Å². The number of fused-ring (bicyclic) bond motifs is 11. The summed E-state index contributed by atoms with van der Waals surface area (Å²) in [5.41, 5.74) is 7.93. The van der Waals surface area contributed by atoms with Crippen LogP contribution in [0.15, 0.2) is 146 Å². The zero-order valence-corrected chi connectivity index (χ0v) is 25.4. The van der Waals surface area contributed by atoms with Gasteiger partial charge in [0, 0.05) is 59.3 Å². The van der Waals surface area contributed by atoms with Crippen molar-refractivity contribution >= 4 is 75.1 Å². The second-order valence-electron chi connectivity index (χ2n) is 11.6. The van der Waals surface area contributed by atoms with Gasteiger partial charge in [0.2, 0.25) is 0 Å². The molecule has 46 heavy (non-hydrogen) atoms. The standard InChI is InChI=1S/C41H24N4S/c1-2-12-25(13-3-1)37-38-32(20-11-23-42-38)43-41(44-37)26-14-10-15-27(24-26)45-33-21-8-6-18-30(33)35-28-16-4-5-17-29(28)40-36(39(35)45)31-19-7-9-22-34(31)46-40/h1-24H. The van der Waals surface area contributed by atoms with Gasteiger partial charge in [-0.25, -0.2) is 9.97 Å². The number of aromatic nitrogens is 4. The number of para-hydroxylation sites is 1. The van der Waals surface area contributed by atoms with Gasteiger partial charge in [0.25, 0.3) is 0 Å². The van der Waals surface area contributed by atoms with Crippen molar-refractivity contribution in [1.82, 2.24) is 19.5 Å². The zero-order chi connectivity index (χ0) is 30.2. The average molecular weight is 605 g/mol. The lowest BCUT2D eigenvalue weighted by Crippen LogP contribution is -1.98. The van der Waals surface area contributed by atoms with E-state index in [1.165, 1.54) is 52.8 Å². The summed E-state index contributed by atoms with van der Waals surface area (Å²) in [7, 11) is 0. The summed E-state index contributed by atoms with van der Waals surface area (Å²) < 4.78 is 5.07. The molecule has 0 aliphatic rings. The normalized spacial score (nSPS) is 11.9. The van der Waals surface area contributed by atoms with E-state index in [1.807, 2.05) is 41.7 Å². The number of nitrogens with zero attached hydrogens (tertiary/aromatic N) is 4. The Morgan fingerprint density at radius 2 is 1.28 bits per heavy atom. The van der Waals surface area contributed by atoms with Crippen LogP contribution >= 0.6 is 11.3 Å². The van der Waals surface area contributed by atoms with Crippen LogP contribution in [0.4, 0.5) is 0 Å². The van der Waals surface area contributed by atoms with Gasteiger partial charge in [0.15, 0.2) is 5.82 Å². The molecule has 0 saturated heterocycles. The van der Waals surface area contributed by atoms with E-state index in [1.54, 1.807) is 6.20 Å². The minimum absolute atomic E-state index is 0.679. The molecule has 0 saturated carbocycles. The molecule has 0 fully saturated rings. The number of benzene rings is 6. The second kappa shape index (κ2) is 9.80. The monoisotopic (exact) mass is 604 g/mol. The van der Waals surface area contributed by atoms with E-state index in [0.717, 1.165) is 33.5 Å². The Morgan fingerprint density at radius 1 is 0.543 bits per heavy atom. The highest BCUT2D eigenvalue weighted by molar-refractivity contribution is 7.27. The Morgan fingerprint density at radius 3 is 2.17 bits per heavy atom. The summed E-state index contributed by atoms with van der Waals surface area (Å²) in [5.74, 6) is 0.679. The van der Waals surface area contributed by atoms with Gasteiger partial charge in [0.05, 0.1) is 16.6 Å². The van der Waals surface area contributed by atoms with Crippen molar-refractivity contribution < 1.29 is 0 Å². The summed E-state index contributed by atoms with van der Waals surface area (Å²) in [6, 6.07) is 49.3. The Labute approximate surface area is 267 Å². The van der Waals surface area contributed by atoms with Crippen LogP contribution in [-0.4, -0.2) is 19.5 Å². The first-order valence-corrected chi connectivity index (χ1v) is 16.2. The van der Waals surface area contributed by atoms with Crippen molar-refractivity contribution in [2.24, 2.45) is 0 Å². The highest BCUT2D eigenvalue weighted by Gasteiger charge is 2.22. The highest BCUT2D eigenvalue weighted by Crippen LogP contribution is 2.47. The molecular weight excluding hydrogens is 581 g/mol. The van der Waals surface area contributed by atoms with E-state index in [-0.39, 0.29) is 0 Å². The maximum absolute atomic E-state index is 5.13. The van der Waals surface area contributed by atoms with Gasteiger partial charge in [-0.1, -0.05) is 103 Å². The maximum atomic E-state index is 5.13. The smallest absolute Gasteiger partial charge is 0.160 e. The van der Waals surface area contributed by atoms with Gasteiger partial charge in [-0.05, 0) is 41.8 Å². The minimum Gasteiger partial charge on any atom is -0.309 e. The molecule has 214 valence electrons. The van der Waals surface area contributed by atoms with Crippen molar-refractivity contribution in [3.8, 4) is 28.3 Å². The summed E-state index contributed by atoms with van der Waals surface area (Å²) in [6.07, 6.45) is 1.80. The van der Waals surface area contributed by atoms with E-state index >= 15 is 0 Å². The predicted octanol–water partition coefficient (Wildman–Crippen LogP) is 11.0. The molecule has 4 heterocycles. The fourth-order valence-electron chi connectivity index (χ4n) is 7.06. The lowest BCUT2D eigenvalue weighted by Gasteiger charge is -2.13. The summed E-state index contributed by atoms with van der Waals surface area (Å²) >= 11 is 1.88. The first-order valence-electron chi connectivity index (χ1n) is 15.4. The maximum Gasteiger partial charge on any atom is 0.160 e. The fourth-order valence-corrected chi connectivity index (χ4v) is 8.31. The van der Waals surface area contributed by atoms with Gasteiger partial charge in [-0.15, -0.1) is 11.3 Å². The van der Waals surface area contributed by atoms with Crippen molar-refractivity contribution in [3.63, 3.8) is 0 Å². The average Bonchev–Trinajstić information content (AvgIpc) is 3.68. The molecule has 0 aliphatic carbocycles. The fraction of sp³-hybridized carbons (Fsp3) is 0. The van der Waals surface area contributed by atoms with Crippen LogP contribution < -0.4 is 0 Å². The van der Waals surface area contributed by atoms with Crippen molar-refractivity contribution in [2.45, 2.75) is 0 Å². The van der Waals surface area contributed by atoms with Crippen LogP contribution in [0.25, 0.3) is 92.1 Å². The molecule has 10 rings (SSSR count). The highest BCUT2D eigenvalue weighted by atomic mass is 32.1. The number of pyridine rings is 1. The Kier molecular flexibility index (Phi) is 5.41. The lowest BCUT2D eigenvalue weighted by molar-refractivity contribution is 1.17. The molecule has 4 nitrogen and oxygen atoms in total. The molecule has 6 aromatic carbocycles. The van der Waals surface area contributed by atoms with Crippen molar-refractivity contribution in [1.29, 1.82) is 0 Å². The van der Waals surface area contributed by atoms with Gasteiger partial charge in [-0.3, -0.25) is 4.98 Å². The number of rotatable bonds is 3. The van der Waals surface area contributed by atoms with Crippen molar-refractivity contribution in [2.75, 3.05) is 0 Å². The summed E-state index contributed by atoms with van der Waals surface area (Å²) in [5, 5.41) is 7.70. The Bertz CT molecular complexity index is 2810. The van der Waals surface area contributed by atoms with E-state index < -0.39 is 0 Å². The lowest BCUT2D eigenvalue weighted by atomic mass is 10.00. The summed E-state index contributed by atoms with van der Waals surface area (Å²) in [6.45, 7) is 0. The Hall–Kier alpha value is -5.91. The molecule has 4 aromatic heterocycles. The third-order valence-electron chi connectivity index (χ3n) is 9.01. The third kappa shape index (κ3) is 3.63. The van der Waals surface area contributed by atoms with Crippen LogP contribution in [0.2, 0.25) is 0 Å². The molecule has 10 aromatic rings. The molecule has 5 heteroatoms. The van der Waals surface area contributed by atoms with E-state index in [9.17, 15) is 0 Å². The van der Waals surface area contributed by atoms with Crippen LogP contribution in [-0.2, 0) is 0 Å². The molecule has 0 radical (unpaired) electrons. The van der Waals surface area contributed by atoms with Crippen molar-refractivity contribution in [3.05, 3.63) is 146 Å². The SMILES string of the molecule is c1ccc(-c2nc(-c3cccc(-n4c5ccccc5c5c6ccccc6c6sc7ccccc7c6c54)c3)nc3cccnc23)cc1. The molecular formula is C41H24N4S. The number of hydrogen-bond acceptors (Lipinski definition) is 4. The molecule has 0 spiro atoms. The number of thiophene rings is 1. The molecule has 0 aliphatic heterocycles. The van der Waals surface area contributed by atoms with Crippen LogP contribution in [0.5, 0.6) is 0 Å². The van der Waals surface area contributed by atoms with E-state index in [2.05, 4.69) is 119 Å². The van der Waals surface area contributed by atoms with E-state index in [0.29, 0.717) is 5.82 Å². The predicted molar refractivity (Wildman–Crippen MR) is 193 cm³/mol. The summed E-state index contributed by atoms with van der Waals surface area (Å²) in [4.78, 5) is 14.8. The quantitative estimate of drug-likeness (QED) is 0.201. The van der Waals surface area contributed by atoms with Gasteiger partial charge >= 0.3 is 0 Å². The molecule has 0 bridgehead atoms. The Balaban J connectivity index is 1.31. The molecule has 0 atom stereocenters. The molecule has 0 N–H and O–H groups in total. The second-order valence-corrected chi connectivity index (χ2v) is 12.7. The first kappa shape index (κ1) is 25.4. The zero-order valence-electron chi connectivity index (χ0n) is 24.6. The van der Waals surface area contributed by atoms with Crippen LogP contribution in [0, 0.1) is 0 Å². The molecule has 0 amide bonds.